The maximum Gasteiger partial charge on any atom is 0.279 e. The third-order valence-corrected chi connectivity index (χ3v) is 3.50. The van der Waals surface area contributed by atoms with Gasteiger partial charge in [0.25, 0.3) is 11.8 Å². The van der Waals surface area contributed by atoms with Crippen molar-refractivity contribution in [2.75, 3.05) is 38.6 Å². The zero-order chi connectivity index (χ0) is 17.9. The Balaban J connectivity index is 2.22. The number of nitrogens with one attached hydrogen (secondary N) is 3. The van der Waals surface area contributed by atoms with Gasteiger partial charge in [-0.05, 0) is 32.4 Å². The van der Waals surface area contributed by atoms with Crippen LogP contribution in [0.3, 0.4) is 0 Å². The van der Waals surface area contributed by atoms with Crippen molar-refractivity contribution in [2.24, 2.45) is 0 Å². The Morgan fingerprint density at radius 1 is 1.21 bits per heavy atom. The quantitative estimate of drug-likeness (QED) is 0.541. The molecule has 6 nitrogen and oxygen atoms in total. The lowest BCUT2D eigenvalue weighted by Gasteiger charge is -2.14. The molecule has 0 saturated heterocycles. The van der Waals surface area contributed by atoms with Crippen LogP contribution in [-0.2, 0) is 14.3 Å². The highest BCUT2D eigenvalue weighted by atomic mass is 35.5. The smallest absolute Gasteiger partial charge is 0.279 e. The number of likely N-dealkylation sites (N-methyl/N-ethyl adjacent to an activating group) is 1. The summed E-state index contributed by atoms with van der Waals surface area (Å²) in [6.07, 6.45) is 0.976. The average molecular weight is 357 g/mol. The van der Waals surface area contributed by atoms with E-state index in [1.807, 2.05) is 13.8 Å². The highest BCUT2D eigenvalue weighted by Crippen LogP contribution is 2.19. The van der Waals surface area contributed by atoms with E-state index in [1.54, 1.807) is 31.3 Å². The maximum absolute atomic E-state index is 12.0. The molecule has 0 aliphatic rings. The number of halogens is 1. The Kier molecular flexibility index (Phi) is 9.37. The van der Waals surface area contributed by atoms with E-state index < -0.39 is 0 Å². The predicted octanol–water partition coefficient (Wildman–Crippen LogP) is 0.725. The first kappa shape index (κ1) is 20.4. The molecular formula is C17H27ClN3O3+. The molecule has 1 unspecified atom stereocenters. The Bertz CT molecular complexity index is 538. The van der Waals surface area contributed by atoms with E-state index in [1.165, 1.54) is 0 Å². The Labute approximate surface area is 148 Å². The molecule has 0 fully saturated rings. The number of carbonyl (C=O) groups is 2. The fraction of sp³-hybridized carbons (Fsp3) is 0.529. The lowest BCUT2D eigenvalue weighted by Crippen LogP contribution is -3.11. The number of amides is 2. The van der Waals surface area contributed by atoms with Crippen molar-refractivity contribution in [1.82, 2.24) is 5.32 Å². The standard InChI is InChI=1S/C17H26ClN3O3/c1-13(2)24-10-6-9-19-16(22)11-21(3)12-17(23)20-15-8-5-4-7-14(15)18/h4-5,7-8,13H,6,9-12H2,1-3H3,(H,19,22)(H,20,23)/p+1. The van der Waals surface area contributed by atoms with Gasteiger partial charge in [0, 0.05) is 13.2 Å². The number of hydrogen-bond donors (Lipinski definition) is 3. The first-order valence-electron chi connectivity index (χ1n) is 8.12. The van der Waals surface area contributed by atoms with Crippen LogP contribution in [0.2, 0.25) is 5.02 Å². The van der Waals surface area contributed by atoms with Crippen LogP contribution in [0.4, 0.5) is 5.69 Å². The summed E-state index contributed by atoms with van der Waals surface area (Å²) < 4.78 is 5.40. The van der Waals surface area contributed by atoms with Gasteiger partial charge in [0.1, 0.15) is 0 Å². The molecule has 0 aliphatic carbocycles. The van der Waals surface area contributed by atoms with Crippen LogP contribution in [0.5, 0.6) is 0 Å². The fourth-order valence-corrected chi connectivity index (χ4v) is 2.23. The van der Waals surface area contributed by atoms with Crippen molar-refractivity contribution in [3.05, 3.63) is 29.3 Å². The van der Waals surface area contributed by atoms with E-state index in [-0.39, 0.29) is 31.0 Å². The molecule has 1 aromatic carbocycles. The second-order valence-corrected chi connectivity index (χ2v) is 6.37. The van der Waals surface area contributed by atoms with Gasteiger partial charge in [-0.25, -0.2) is 0 Å². The number of ether oxygens (including phenoxy) is 1. The number of carbonyl (C=O) groups excluding carboxylic acids is 2. The Morgan fingerprint density at radius 2 is 1.88 bits per heavy atom. The minimum Gasteiger partial charge on any atom is -0.379 e. The van der Waals surface area contributed by atoms with Crippen molar-refractivity contribution in [3.8, 4) is 0 Å². The first-order chi connectivity index (χ1) is 11.4. The van der Waals surface area contributed by atoms with E-state index in [4.69, 9.17) is 16.3 Å². The third-order valence-electron chi connectivity index (χ3n) is 3.17. The van der Waals surface area contributed by atoms with Gasteiger partial charge in [-0.2, -0.15) is 0 Å². The lowest BCUT2D eigenvalue weighted by molar-refractivity contribution is -0.862. The molecule has 0 spiro atoms. The molecule has 7 heteroatoms. The summed E-state index contributed by atoms with van der Waals surface area (Å²) in [4.78, 5) is 24.6. The molecule has 2 amide bonds. The van der Waals surface area contributed by atoms with E-state index in [2.05, 4.69) is 10.6 Å². The van der Waals surface area contributed by atoms with Gasteiger partial charge in [-0.1, -0.05) is 23.7 Å². The first-order valence-corrected chi connectivity index (χ1v) is 8.50. The molecule has 0 aliphatic heterocycles. The second-order valence-electron chi connectivity index (χ2n) is 5.96. The van der Waals surface area contributed by atoms with E-state index >= 15 is 0 Å². The monoisotopic (exact) mass is 356 g/mol. The van der Waals surface area contributed by atoms with E-state index in [9.17, 15) is 9.59 Å². The molecule has 3 N–H and O–H groups in total. The molecule has 0 bridgehead atoms. The number of quaternary nitrogens is 1. The molecule has 1 atom stereocenters. The van der Waals surface area contributed by atoms with Gasteiger partial charge < -0.3 is 20.3 Å². The minimum atomic E-state index is -0.182. The number of benzene rings is 1. The van der Waals surface area contributed by atoms with Crippen LogP contribution < -0.4 is 15.5 Å². The molecule has 24 heavy (non-hydrogen) atoms. The minimum absolute atomic E-state index is 0.0809. The van der Waals surface area contributed by atoms with Crippen LogP contribution in [0, 0.1) is 0 Å². The summed E-state index contributed by atoms with van der Waals surface area (Å²) in [5.41, 5.74) is 0.576. The predicted molar refractivity (Wildman–Crippen MR) is 95.4 cm³/mol. The summed E-state index contributed by atoms with van der Waals surface area (Å²) in [6.45, 7) is 5.58. The van der Waals surface area contributed by atoms with Crippen LogP contribution in [0.25, 0.3) is 0 Å². The molecule has 0 aromatic heterocycles. The zero-order valence-corrected chi connectivity index (χ0v) is 15.3. The summed E-state index contributed by atoms with van der Waals surface area (Å²) in [7, 11) is 1.80. The van der Waals surface area contributed by atoms with Crippen LogP contribution >= 0.6 is 11.6 Å². The molecule has 1 aromatic rings. The third kappa shape index (κ3) is 8.86. The second kappa shape index (κ2) is 11.0. The SMILES string of the molecule is CC(C)OCCCNC(=O)C[NH+](C)CC(=O)Nc1ccccc1Cl. The van der Waals surface area contributed by atoms with Gasteiger partial charge in [-0.3, -0.25) is 9.59 Å². The van der Waals surface area contributed by atoms with Gasteiger partial charge in [0.2, 0.25) is 0 Å². The Morgan fingerprint density at radius 3 is 2.54 bits per heavy atom. The normalized spacial score (nSPS) is 12.0. The van der Waals surface area contributed by atoms with E-state index in [0.29, 0.717) is 23.9 Å². The molecule has 0 radical (unpaired) electrons. The van der Waals surface area contributed by atoms with Gasteiger partial charge in [0.05, 0.1) is 23.9 Å². The summed E-state index contributed by atoms with van der Waals surface area (Å²) in [5, 5.41) is 6.06. The Hall–Kier alpha value is -1.63. The number of para-hydroxylation sites is 1. The van der Waals surface area contributed by atoms with E-state index in [0.717, 1.165) is 11.3 Å². The number of anilines is 1. The van der Waals surface area contributed by atoms with Crippen molar-refractivity contribution >= 4 is 29.1 Å². The van der Waals surface area contributed by atoms with Gasteiger partial charge >= 0.3 is 0 Å². The largest absolute Gasteiger partial charge is 0.379 e. The van der Waals surface area contributed by atoms with Crippen LogP contribution in [0.15, 0.2) is 24.3 Å². The number of hydrogen-bond acceptors (Lipinski definition) is 3. The zero-order valence-electron chi connectivity index (χ0n) is 14.5. The van der Waals surface area contributed by atoms with Gasteiger partial charge in [0.15, 0.2) is 13.1 Å². The molecule has 1 rings (SSSR count). The topological polar surface area (TPSA) is 71.9 Å². The van der Waals surface area contributed by atoms with Crippen molar-refractivity contribution in [1.29, 1.82) is 0 Å². The summed E-state index contributed by atoms with van der Waals surface area (Å²) >= 11 is 6.00. The summed E-state index contributed by atoms with van der Waals surface area (Å²) in [6, 6.07) is 7.05. The highest BCUT2D eigenvalue weighted by Gasteiger charge is 2.14. The molecule has 0 heterocycles. The number of rotatable bonds is 10. The fourth-order valence-electron chi connectivity index (χ4n) is 2.05. The lowest BCUT2D eigenvalue weighted by atomic mass is 10.3. The van der Waals surface area contributed by atoms with Crippen molar-refractivity contribution in [2.45, 2.75) is 26.4 Å². The average Bonchev–Trinajstić information content (AvgIpc) is 2.48. The summed E-state index contributed by atoms with van der Waals surface area (Å²) in [5.74, 6) is -0.263. The maximum atomic E-state index is 12.0. The molecule has 0 saturated carbocycles. The molecule has 134 valence electrons. The van der Waals surface area contributed by atoms with Gasteiger partial charge in [-0.15, -0.1) is 0 Å². The van der Waals surface area contributed by atoms with Crippen LogP contribution in [-0.4, -0.2) is 51.2 Å². The highest BCUT2D eigenvalue weighted by molar-refractivity contribution is 6.33. The molecular weight excluding hydrogens is 330 g/mol. The van der Waals surface area contributed by atoms with Crippen molar-refractivity contribution in [3.63, 3.8) is 0 Å². The van der Waals surface area contributed by atoms with Crippen LogP contribution in [0.1, 0.15) is 20.3 Å². The van der Waals surface area contributed by atoms with Crippen molar-refractivity contribution < 1.29 is 19.2 Å².